The van der Waals surface area contributed by atoms with E-state index in [4.69, 9.17) is 0 Å². The minimum Gasteiger partial charge on any atom is -0.469 e. The second-order valence-corrected chi connectivity index (χ2v) is 9.07. The number of rotatable bonds is 6. The Morgan fingerprint density at radius 3 is 2.64 bits per heavy atom. The van der Waals surface area contributed by atoms with Gasteiger partial charge in [-0.05, 0) is 29.3 Å². The van der Waals surface area contributed by atoms with E-state index in [0.717, 1.165) is 6.07 Å². The Labute approximate surface area is 189 Å². The zero-order chi connectivity index (χ0) is 23.6. The van der Waals surface area contributed by atoms with Gasteiger partial charge in [-0.3, -0.25) is 19.3 Å². The standard InChI is InChI=1S/C23H20FN3O5S/c1-32-22(28)10-14-2-4-15(5-3-14)18-7-6-16(24)11-21(18)33(30,31)27-17-12-19-20(26-13-17)8-9-25-23(19)29/h2-7,11-13,27H,8-10H2,1H3,(H,25,29). The smallest absolute Gasteiger partial charge is 0.309 e. The van der Waals surface area contributed by atoms with Crippen molar-refractivity contribution >= 4 is 27.6 Å². The molecular formula is C23H20FN3O5S. The summed E-state index contributed by atoms with van der Waals surface area (Å²) >= 11 is 0. The maximum atomic E-state index is 14.0. The number of nitrogens with zero attached hydrogens (tertiary/aromatic N) is 1. The average molecular weight is 469 g/mol. The number of carbonyl (C=O) groups is 2. The Hall–Kier alpha value is -3.79. The normalized spacial score (nSPS) is 13.1. The molecule has 0 aliphatic carbocycles. The Bertz CT molecular complexity index is 1340. The number of hydrogen-bond acceptors (Lipinski definition) is 6. The molecule has 0 spiro atoms. The van der Waals surface area contributed by atoms with E-state index in [-0.39, 0.29) is 28.5 Å². The highest BCUT2D eigenvalue weighted by Gasteiger charge is 2.23. The van der Waals surface area contributed by atoms with E-state index in [9.17, 15) is 22.4 Å². The Balaban J connectivity index is 1.67. The van der Waals surface area contributed by atoms with Gasteiger partial charge in [0.2, 0.25) is 0 Å². The Morgan fingerprint density at radius 2 is 1.91 bits per heavy atom. The predicted molar refractivity (Wildman–Crippen MR) is 119 cm³/mol. The number of ether oxygens (including phenoxy) is 1. The minimum atomic E-state index is -4.23. The number of carbonyl (C=O) groups excluding carboxylic acids is 2. The SMILES string of the molecule is COC(=O)Cc1ccc(-c2ccc(F)cc2S(=O)(=O)Nc2cnc3c(c2)C(=O)NCC3)cc1. The van der Waals surface area contributed by atoms with Crippen molar-refractivity contribution in [1.82, 2.24) is 10.3 Å². The van der Waals surface area contributed by atoms with Gasteiger partial charge in [0.05, 0.1) is 41.6 Å². The molecule has 0 saturated carbocycles. The number of amides is 1. The van der Waals surface area contributed by atoms with E-state index < -0.39 is 21.8 Å². The van der Waals surface area contributed by atoms with Gasteiger partial charge in [0.15, 0.2) is 0 Å². The van der Waals surface area contributed by atoms with Crippen LogP contribution in [0.1, 0.15) is 21.6 Å². The van der Waals surface area contributed by atoms with Crippen molar-refractivity contribution in [3.63, 3.8) is 0 Å². The summed E-state index contributed by atoms with van der Waals surface area (Å²) < 4.78 is 47.4. The molecule has 10 heteroatoms. The molecule has 33 heavy (non-hydrogen) atoms. The third-order valence-corrected chi connectivity index (χ3v) is 6.61. The molecule has 8 nitrogen and oxygen atoms in total. The first kappa shape index (κ1) is 22.4. The number of hydrogen-bond donors (Lipinski definition) is 2. The lowest BCUT2D eigenvalue weighted by Gasteiger charge is -2.17. The summed E-state index contributed by atoms with van der Waals surface area (Å²) in [6.07, 6.45) is 1.95. The molecule has 170 valence electrons. The number of aromatic nitrogens is 1. The highest BCUT2D eigenvalue weighted by molar-refractivity contribution is 7.92. The molecule has 4 rings (SSSR count). The number of methoxy groups -OCH3 is 1. The van der Waals surface area contributed by atoms with Crippen LogP contribution in [0.15, 0.2) is 59.6 Å². The molecule has 0 fully saturated rings. The maximum Gasteiger partial charge on any atom is 0.309 e. The van der Waals surface area contributed by atoms with Gasteiger partial charge in [0.25, 0.3) is 15.9 Å². The highest BCUT2D eigenvalue weighted by atomic mass is 32.2. The fourth-order valence-electron chi connectivity index (χ4n) is 3.54. The first-order chi connectivity index (χ1) is 15.8. The van der Waals surface area contributed by atoms with Gasteiger partial charge < -0.3 is 10.1 Å². The van der Waals surface area contributed by atoms with Gasteiger partial charge in [-0.2, -0.15) is 0 Å². The van der Waals surface area contributed by atoms with Crippen LogP contribution in [0.4, 0.5) is 10.1 Å². The van der Waals surface area contributed by atoms with E-state index in [0.29, 0.717) is 35.3 Å². The Morgan fingerprint density at radius 1 is 1.15 bits per heavy atom. The van der Waals surface area contributed by atoms with Crippen molar-refractivity contribution in [3.05, 3.63) is 77.4 Å². The lowest BCUT2D eigenvalue weighted by atomic mass is 10.0. The van der Waals surface area contributed by atoms with Crippen LogP contribution in [0.25, 0.3) is 11.1 Å². The third kappa shape index (κ3) is 4.85. The minimum absolute atomic E-state index is 0.0752. The molecular weight excluding hydrogens is 449 g/mol. The zero-order valence-corrected chi connectivity index (χ0v) is 18.4. The second-order valence-electron chi connectivity index (χ2n) is 7.42. The molecule has 1 aromatic heterocycles. The van der Waals surface area contributed by atoms with Crippen molar-refractivity contribution in [1.29, 1.82) is 0 Å². The lowest BCUT2D eigenvalue weighted by Crippen LogP contribution is -2.32. The predicted octanol–water partition coefficient (Wildman–Crippen LogP) is 2.69. The number of halogens is 1. The summed E-state index contributed by atoms with van der Waals surface area (Å²) in [5, 5.41) is 2.68. The van der Waals surface area contributed by atoms with Crippen molar-refractivity contribution < 1.29 is 27.1 Å². The topological polar surface area (TPSA) is 114 Å². The summed E-state index contributed by atoms with van der Waals surface area (Å²) in [5.41, 5.74) is 2.45. The number of pyridine rings is 1. The van der Waals surface area contributed by atoms with Gasteiger partial charge in [-0.1, -0.05) is 30.3 Å². The van der Waals surface area contributed by atoms with Crippen LogP contribution in [0, 0.1) is 5.82 Å². The molecule has 0 radical (unpaired) electrons. The largest absolute Gasteiger partial charge is 0.469 e. The summed E-state index contributed by atoms with van der Waals surface area (Å²) in [6, 6.07) is 11.5. The van der Waals surface area contributed by atoms with Crippen molar-refractivity contribution in [2.75, 3.05) is 18.4 Å². The van der Waals surface area contributed by atoms with Crippen LogP contribution in [0.5, 0.6) is 0 Å². The number of sulfonamides is 1. The van der Waals surface area contributed by atoms with Crippen LogP contribution in [0.2, 0.25) is 0 Å². The number of fused-ring (bicyclic) bond motifs is 1. The molecule has 1 aliphatic rings. The summed E-state index contributed by atoms with van der Waals surface area (Å²) in [7, 11) is -2.93. The van der Waals surface area contributed by atoms with Crippen LogP contribution < -0.4 is 10.0 Å². The fraction of sp³-hybridized carbons (Fsp3) is 0.174. The lowest BCUT2D eigenvalue weighted by molar-refractivity contribution is -0.139. The van der Waals surface area contributed by atoms with Gasteiger partial charge in [0, 0.05) is 18.5 Å². The van der Waals surface area contributed by atoms with Gasteiger partial charge in [0.1, 0.15) is 5.82 Å². The van der Waals surface area contributed by atoms with Crippen molar-refractivity contribution in [3.8, 4) is 11.1 Å². The van der Waals surface area contributed by atoms with E-state index in [1.807, 2.05) is 0 Å². The average Bonchev–Trinajstić information content (AvgIpc) is 2.80. The molecule has 0 bridgehead atoms. The van der Waals surface area contributed by atoms with Crippen LogP contribution in [0.3, 0.4) is 0 Å². The zero-order valence-electron chi connectivity index (χ0n) is 17.6. The molecule has 0 saturated heterocycles. The highest BCUT2D eigenvalue weighted by Crippen LogP contribution is 2.30. The molecule has 3 aromatic rings. The summed E-state index contributed by atoms with van der Waals surface area (Å²) in [6.45, 7) is 0.467. The molecule has 2 aromatic carbocycles. The number of anilines is 1. The summed E-state index contributed by atoms with van der Waals surface area (Å²) in [5.74, 6) is -1.45. The van der Waals surface area contributed by atoms with Crippen molar-refractivity contribution in [2.45, 2.75) is 17.7 Å². The quantitative estimate of drug-likeness (QED) is 0.537. The number of nitrogens with one attached hydrogen (secondary N) is 2. The molecule has 1 aliphatic heterocycles. The molecule has 2 N–H and O–H groups in total. The third-order valence-electron chi connectivity index (χ3n) is 5.19. The fourth-order valence-corrected chi connectivity index (χ4v) is 4.82. The number of benzene rings is 2. The Kier molecular flexibility index (Phi) is 6.10. The van der Waals surface area contributed by atoms with Crippen LogP contribution in [-0.2, 0) is 32.4 Å². The second kappa shape index (κ2) is 8.99. The van der Waals surface area contributed by atoms with Gasteiger partial charge in [-0.15, -0.1) is 0 Å². The maximum absolute atomic E-state index is 14.0. The van der Waals surface area contributed by atoms with Crippen LogP contribution >= 0.6 is 0 Å². The van der Waals surface area contributed by atoms with E-state index >= 15 is 0 Å². The monoisotopic (exact) mass is 469 g/mol. The van der Waals surface area contributed by atoms with Gasteiger partial charge in [-0.25, -0.2) is 12.8 Å². The molecule has 1 amide bonds. The first-order valence-corrected chi connectivity index (χ1v) is 11.5. The molecule has 2 heterocycles. The van der Waals surface area contributed by atoms with E-state index in [2.05, 4.69) is 19.8 Å². The van der Waals surface area contributed by atoms with Gasteiger partial charge >= 0.3 is 5.97 Å². The first-order valence-electron chi connectivity index (χ1n) is 10.0. The number of esters is 1. The van der Waals surface area contributed by atoms with E-state index in [1.165, 1.54) is 31.5 Å². The molecule has 0 unspecified atom stereocenters. The van der Waals surface area contributed by atoms with E-state index in [1.54, 1.807) is 24.3 Å². The van der Waals surface area contributed by atoms with Crippen LogP contribution in [-0.4, -0.2) is 38.9 Å². The molecule has 0 atom stereocenters. The summed E-state index contributed by atoms with van der Waals surface area (Å²) in [4.78, 5) is 27.4. The van der Waals surface area contributed by atoms with Crippen molar-refractivity contribution in [2.24, 2.45) is 0 Å².